The van der Waals surface area contributed by atoms with Gasteiger partial charge in [-0.3, -0.25) is 4.79 Å². The van der Waals surface area contributed by atoms with Crippen LogP contribution in [0.1, 0.15) is 19.8 Å². The van der Waals surface area contributed by atoms with Crippen LogP contribution >= 0.6 is 11.8 Å². The molecule has 1 saturated heterocycles. The summed E-state index contributed by atoms with van der Waals surface area (Å²) in [6.07, 6.45) is 4.07. The van der Waals surface area contributed by atoms with Crippen molar-refractivity contribution in [1.82, 2.24) is 4.90 Å². The van der Waals surface area contributed by atoms with E-state index in [0.717, 1.165) is 25.9 Å². The zero-order valence-electron chi connectivity index (χ0n) is 8.32. The van der Waals surface area contributed by atoms with Gasteiger partial charge in [0.25, 0.3) is 0 Å². The maximum atomic E-state index is 11.7. The van der Waals surface area contributed by atoms with Crippen molar-refractivity contribution >= 4 is 17.7 Å². The molecule has 3 nitrogen and oxygen atoms in total. The first-order chi connectivity index (χ1) is 6.15. The molecule has 1 heterocycles. The summed E-state index contributed by atoms with van der Waals surface area (Å²) in [5.74, 6) is 0.239. The van der Waals surface area contributed by atoms with Gasteiger partial charge in [-0.25, -0.2) is 0 Å². The van der Waals surface area contributed by atoms with Crippen LogP contribution in [0.4, 0.5) is 0 Å². The van der Waals surface area contributed by atoms with Crippen molar-refractivity contribution in [2.24, 2.45) is 5.73 Å². The molecule has 0 aromatic carbocycles. The molecule has 0 aromatic rings. The third-order valence-electron chi connectivity index (χ3n) is 2.47. The van der Waals surface area contributed by atoms with E-state index in [1.165, 1.54) is 0 Å². The highest BCUT2D eigenvalue weighted by molar-refractivity contribution is 7.99. The van der Waals surface area contributed by atoms with Crippen molar-refractivity contribution < 1.29 is 4.79 Å². The Morgan fingerprint density at radius 2 is 2.38 bits per heavy atom. The van der Waals surface area contributed by atoms with E-state index < -0.39 is 0 Å². The first-order valence-corrected chi connectivity index (χ1v) is 6.01. The summed E-state index contributed by atoms with van der Waals surface area (Å²) in [6.45, 7) is 3.58. The highest BCUT2D eigenvalue weighted by atomic mass is 32.2. The van der Waals surface area contributed by atoms with Crippen molar-refractivity contribution in [3.8, 4) is 0 Å². The van der Waals surface area contributed by atoms with Crippen molar-refractivity contribution in [1.29, 1.82) is 0 Å². The fraction of sp³-hybridized carbons (Fsp3) is 0.889. The van der Waals surface area contributed by atoms with Crippen LogP contribution in [0.15, 0.2) is 0 Å². The Morgan fingerprint density at radius 3 is 2.92 bits per heavy atom. The van der Waals surface area contributed by atoms with Crippen LogP contribution in [0.2, 0.25) is 0 Å². The van der Waals surface area contributed by atoms with Crippen LogP contribution in [-0.2, 0) is 4.79 Å². The molecule has 13 heavy (non-hydrogen) atoms. The first-order valence-electron chi connectivity index (χ1n) is 4.72. The monoisotopic (exact) mass is 202 g/mol. The lowest BCUT2D eigenvalue weighted by Crippen LogP contribution is -2.48. The second kappa shape index (κ2) is 4.86. The van der Waals surface area contributed by atoms with Gasteiger partial charge in [0.05, 0.1) is 5.25 Å². The quantitative estimate of drug-likeness (QED) is 0.716. The minimum Gasteiger partial charge on any atom is -0.340 e. The van der Waals surface area contributed by atoms with Gasteiger partial charge in [-0.2, -0.15) is 11.8 Å². The fourth-order valence-electron chi connectivity index (χ4n) is 1.57. The van der Waals surface area contributed by atoms with Crippen LogP contribution in [0.5, 0.6) is 0 Å². The lowest BCUT2D eigenvalue weighted by atomic mass is 10.1. The van der Waals surface area contributed by atoms with E-state index in [1.54, 1.807) is 11.8 Å². The SMILES string of the molecule is CSC(C)C(=O)N1CCC[C@@H](N)C1. The van der Waals surface area contributed by atoms with E-state index in [1.807, 2.05) is 18.1 Å². The molecule has 1 fully saturated rings. The van der Waals surface area contributed by atoms with Crippen molar-refractivity contribution in [3.05, 3.63) is 0 Å². The van der Waals surface area contributed by atoms with Gasteiger partial charge in [0.1, 0.15) is 0 Å². The number of hydrogen-bond donors (Lipinski definition) is 1. The predicted molar refractivity (Wildman–Crippen MR) is 56.8 cm³/mol. The van der Waals surface area contributed by atoms with E-state index in [9.17, 15) is 4.79 Å². The van der Waals surface area contributed by atoms with Crippen LogP contribution in [0.25, 0.3) is 0 Å². The predicted octanol–water partition coefficient (Wildman–Crippen LogP) is 0.688. The van der Waals surface area contributed by atoms with Gasteiger partial charge in [-0.15, -0.1) is 0 Å². The zero-order valence-corrected chi connectivity index (χ0v) is 9.14. The second-order valence-electron chi connectivity index (χ2n) is 3.56. The normalized spacial score (nSPS) is 25.8. The molecule has 1 amide bonds. The van der Waals surface area contributed by atoms with Gasteiger partial charge in [0.2, 0.25) is 5.91 Å². The topological polar surface area (TPSA) is 46.3 Å². The highest BCUT2D eigenvalue weighted by Crippen LogP contribution is 2.14. The molecule has 0 aliphatic carbocycles. The van der Waals surface area contributed by atoms with E-state index in [-0.39, 0.29) is 17.2 Å². The molecule has 2 atom stereocenters. The molecule has 0 aromatic heterocycles. The number of amides is 1. The molecule has 0 saturated carbocycles. The maximum absolute atomic E-state index is 11.7. The first kappa shape index (κ1) is 10.9. The van der Waals surface area contributed by atoms with Crippen LogP contribution in [0.3, 0.4) is 0 Å². The zero-order chi connectivity index (χ0) is 9.84. The van der Waals surface area contributed by atoms with Gasteiger partial charge >= 0.3 is 0 Å². The number of carbonyl (C=O) groups excluding carboxylic acids is 1. The van der Waals surface area contributed by atoms with Crippen molar-refractivity contribution in [2.75, 3.05) is 19.3 Å². The van der Waals surface area contributed by atoms with Crippen LogP contribution in [0, 0.1) is 0 Å². The molecule has 0 radical (unpaired) electrons. The summed E-state index contributed by atoms with van der Waals surface area (Å²) in [5.41, 5.74) is 5.80. The van der Waals surface area contributed by atoms with E-state index in [4.69, 9.17) is 5.73 Å². The minimum atomic E-state index is 0.0744. The largest absolute Gasteiger partial charge is 0.340 e. The number of piperidine rings is 1. The van der Waals surface area contributed by atoms with Gasteiger partial charge in [0.15, 0.2) is 0 Å². The number of thioether (sulfide) groups is 1. The number of carbonyl (C=O) groups is 1. The average Bonchev–Trinajstić information content (AvgIpc) is 2.15. The average molecular weight is 202 g/mol. The Hall–Kier alpha value is -0.220. The Labute approximate surface area is 84.0 Å². The van der Waals surface area contributed by atoms with E-state index in [0.29, 0.717) is 0 Å². The standard InChI is InChI=1S/C9H18N2OS/c1-7(13-2)9(12)11-5-3-4-8(10)6-11/h7-8H,3-6,10H2,1-2H3/t7?,8-/m1/s1. The number of likely N-dealkylation sites (tertiary alicyclic amines) is 1. The number of nitrogens with two attached hydrogens (primary N) is 1. The summed E-state index contributed by atoms with van der Waals surface area (Å²) in [5, 5.41) is 0.0744. The summed E-state index contributed by atoms with van der Waals surface area (Å²) in [7, 11) is 0. The van der Waals surface area contributed by atoms with Crippen LogP contribution < -0.4 is 5.73 Å². The molecule has 1 rings (SSSR count). The van der Waals surface area contributed by atoms with Gasteiger partial charge in [-0.1, -0.05) is 0 Å². The van der Waals surface area contributed by atoms with Gasteiger partial charge in [-0.05, 0) is 26.0 Å². The van der Waals surface area contributed by atoms with Crippen molar-refractivity contribution in [2.45, 2.75) is 31.1 Å². The lowest BCUT2D eigenvalue weighted by Gasteiger charge is -2.32. The maximum Gasteiger partial charge on any atom is 0.235 e. The molecule has 1 aliphatic rings. The van der Waals surface area contributed by atoms with Crippen molar-refractivity contribution in [3.63, 3.8) is 0 Å². The summed E-state index contributed by atoms with van der Waals surface area (Å²) < 4.78 is 0. The second-order valence-corrected chi connectivity index (χ2v) is 4.74. The Balaban J connectivity index is 2.46. The molecule has 76 valence electrons. The third-order valence-corrected chi connectivity index (χ3v) is 3.38. The summed E-state index contributed by atoms with van der Waals surface area (Å²) in [4.78, 5) is 13.6. The Bertz CT molecular complexity index is 186. The molecule has 1 aliphatic heterocycles. The Kier molecular flexibility index (Phi) is 4.06. The number of rotatable bonds is 2. The molecule has 0 bridgehead atoms. The molecule has 0 spiro atoms. The molecular formula is C9H18N2OS. The number of nitrogens with zero attached hydrogens (tertiary/aromatic N) is 1. The van der Waals surface area contributed by atoms with Crippen LogP contribution in [-0.4, -0.2) is 41.4 Å². The molecule has 1 unspecified atom stereocenters. The minimum absolute atomic E-state index is 0.0744. The van der Waals surface area contributed by atoms with E-state index in [2.05, 4.69) is 0 Å². The van der Waals surface area contributed by atoms with E-state index >= 15 is 0 Å². The van der Waals surface area contributed by atoms with Gasteiger partial charge in [0, 0.05) is 19.1 Å². The Morgan fingerprint density at radius 1 is 1.69 bits per heavy atom. The molecule has 4 heteroatoms. The van der Waals surface area contributed by atoms with Gasteiger partial charge < -0.3 is 10.6 Å². The fourth-order valence-corrected chi connectivity index (χ4v) is 1.92. The molecular weight excluding hydrogens is 184 g/mol. The third kappa shape index (κ3) is 2.88. The number of hydrogen-bond acceptors (Lipinski definition) is 3. The molecule has 2 N–H and O–H groups in total. The lowest BCUT2D eigenvalue weighted by molar-refractivity contribution is -0.131. The summed E-state index contributed by atoms with van der Waals surface area (Å²) in [6, 6.07) is 0.187. The smallest absolute Gasteiger partial charge is 0.235 e. The highest BCUT2D eigenvalue weighted by Gasteiger charge is 2.24. The summed E-state index contributed by atoms with van der Waals surface area (Å²) >= 11 is 1.60.